The van der Waals surface area contributed by atoms with E-state index in [0.29, 0.717) is 12.8 Å². The van der Waals surface area contributed by atoms with Crippen molar-refractivity contribution in [2.45, 2.75) is 117 Å². The Morgan fingerprint density at radius 2 is 0.710 bits per heavy atom. The molecule has 0 unspecified atom stereocenters. The molecule has 0 aliphatic rings. The Morgan fingerprint density at radius 1 is 0.484 bits per heavy atom. The average molecular weight is 591 g/mol. The Bertz CT molecular complexity index is 403. The molecular weight excluding hydrogens is 549 g/mol. The second kappa shape index (κ2) is 25.6. The Kier molecular flexibility index (Phi) is 30.3. The molecule has 0 atom stereocenters. The van der Waals surface area contributed by atoms with Crippen molar-refractivity contribution < 1.29 is 37.8 Å². The van der Waals surface area contributed by atoms with Crippen LogP contribution in [0.2, 0.25) is 0 Å². The second-order valence-corrected chi connectivity index (χ2v) is 9.82. The molecule has 0 N–H and O–H groups in total. The molecule has 0 aliphatic carbocycles. The van der Waals surface area contributed by atoms with Crippen molar-refractivity contribution in [1.82, 2.24) is 0 Å². The number of hydrogen-bond donors (Lipinski definition) is 0. The van der Waals surface area contributed by atoms with E-state index in [4.69, 9.17) is 0 Å². The third kappa shape index (κ3) is 41.7. The number of hydrogen-bond acceptors (Lipinski definition) is 8. The zero-order chi connectivity index (χ0) is 23.1. The van der Waals surface area contributed by atoms with Crippen LogP contribution in [-0.4, -0.2) is 37.1 Å². The molecule has 0 radical (unpaired) electrons. The Balaban J connectivity index is -0.000000490. The minimum Gasteiger partial charge on any atom is -0.790 e. The molecule has 0 saturated heterocycles. The number of phosphoric ester groups is 2. The second-order valence-electron chi connectivity index (χ2n) is 7.51. The van der Waals surface area contributed by atoms with Crippen LogP contribution in [0.5, 0.6) is 0 Å². The fraction of sp³-hybridized carbons (Fsp3) is 1.00. The molecule has 0 aromatic heterocycles. The molecule has 11 heteroatoms. The summed E-state index contributed by atoms with van der Waals surface area (Å²) in [6.45, 7) is 4.45. The van der Waals surface area contributed by atoms with Gasteiger partial charge in [-0.15, -0.1) is 0 Å². The Morgan fingerprint density at radius 3 is 0.935 bits per heavy atom. The summed E-state index contributed by atoms with van der Waals surface area (Å²) in [5.74, 6) is 0. The van der Waals surface area contributed by atoms with Gasteiger partial charge in [-0.3, -0.25) is 0 Å². The fourth-order valence-corrected chi connectivity index (χ4v) is 3.53. The van der Waals surface area contributed by atoms with Gasteiger partial charge in [-0.25, -0.2) is 0 Å². The van der Waals surface area contributed by atoms with Gasteiger partial charge in [0.1, 0.15) is 0 Å². The average Bonchev–Trinajstić information content (AvgIpc) is 2.64. The quantitative estimate of drug-likeness (QED) is 0.119. The summed E-state index contributed by atoms with van der Waals surface area (Å²) < 4.78 is 28.4. The van der Waals surface area contributed by atoms with Gasteiger partial charge in [0.15, 0.2) is 0 Å². The molecule has 0 aromatic carbocycles. The number of rotatable bonds is 20. The molecule has 184 valence electrons. The van der Waals surface area contributed by atoms with Crippen molar-refractivity contribution in [3.63, 3.8) is 0 Å². The van der Waals surface area contributed by atoms with Crippen LogP contribution >= 0.6 is 15.6 Å². The molecule has 0 heterocycles. The monoisotopic (exact) mass is 592 g/mol. The van der Waals surface area contributed by atoms with Crippen LogP contribution in [0.4, 0.5) is 0 Å². The first-order chi connectivity index (χ1) is 14.1. The van der Waals surface area contributed by atoms with Crippen molar-refractivity contribution in [2.24, 2.45) is 0 Å². The van der Waals surface area contributed by atoms with Crippen LogP contribution in [-0.2, 0) is 18.2 Å². The molecule has 0 saturated carbocycles. The normalized spacial score (nSPS) is 11.5. The third-order valence-electron chi connectivity index (χ3n) is 4.49. The molecule has 31 heavy (non-hydrogen) atoms. The summed E-state index contributed by atoms with van der Waals surface area (Å²) >= 11 is 0. The Labute approximate surface area is 206 Å². The van der Waals surface area contributed by atoms with Crippen molar-refractivity contribution in [2.75, 3.05) is 13.2 Å². The maximum Gasteiger partial charge on any atom is 4.00 e. The van der Waals surface area contributed by atoms with E-state index in [0.717, 1.165) is 25.7 Å². The topological polar surface area (TPSA) is 145 Å². The van der Waals surface area contributed by atoms with E-state index in [-0.39, 0.29) is 37.1 Å². The van der Waals surface area contributed by atoms with Gasteiger partial charge >= 0.3 is 23.9 Å². The van der Waals surface area contributed by atoms with Crippen molar-refractivity contribution in [1.29, 1.82) is 0 Å². The van der Waals surface area contributed by atoms with E-state index in [9.17, 15) is 28.7 Å². The van der Waals surface area contributed by atoms with Gasteiger partial charge in [-0.1, -0.05) is 104 Å². The predicted octanol–water partition coefficient (Wildman–Crippen LogP) is 3.56. The largest absolute Gasteiger partial charge is 4.00 e. The molecule has 0 fully saturated rings. The van der Waals surface area contributed by atoms with Gasteiger partial charge in [0.05, 0.1) is 28.9 Å². The van der Waals surface area contributed by atoms with E-state index >= 15 is 0 Å². The zero-order valence-corrected chi connectivity index (χ0v) is 24.0. The first-order valence-electron chi connectivity index (χ1n) is 11.5. The summed E-state index contributed by atoms with van der Waals surface area (Å²) in [6, 6.07) is 0. The SMILES string of the molecule is CCCCCCCCCCOP(=O)([O-])[O-].CCCCCCCCCCOP(=O)([O-])[O-].[Sn+4]. The van der Waals surface area contributed by atoms with Gasteiger partial charge in [0.25, 0.3) is 0 Å². The van der Waals surface area contributed by atoms with Gasteiger partial charge in [0, 0.05) is 0 Å². The van der Waals surface area contributed by atoms with Gasteiger partial charge < -0.3 is 37.8 Å². The summed E-state index contributed by atoms with van der Waals surface area (Å²) in [4.78, 5) is 40.4. The van der Waals surface area contributed by atoms with Gasteiger partial charge in [0.2, 0.25) is 0 Å². The molecule has 0 aromatic rings. The van der Waals surface area contributed by atoms with Crippen LogP contribution in [0, 0.1) is 0 Å². The van der Waals surface area contributed by atoms with Crippen molar-refractivity contribution in [3.8, 4) is 0 Å². The predicted molar refractivity (Wildman–Crippen MR) is 118 cm³/mol. The molecular formula is C20H42O8P2Sn. The van der Waals surface area contributed by atoms with E-state index in [1.165, 1.54) is 64.2 Å². The summed E-state index contributed by atoms with van der Waals surface area (Å²) in [7, 11) is -9.47. The Hall–Kier alpha value is 1.02. The third-order valence-corrected chi connectivity index (χ3v) is 5.49. The first kappa shape index (κ1) is 36.6. The summed E-state index contributed by atoms with van der Waals surface area (Å²) in [5.41, 5.74) is 0. The van der Waals surface area contributed by atoms with Crippen LogP contribution in [0.25, 0.3) is 0 Å². The summed E-state index contributed by atoms with van der Waals surface area (Å²) in [6.07, 6.45) is 17.9. The zero-order valence-electron chi connectivity index (χ0n) is 19.4. The van der Waals surface area contributed by atoms with Gasteiger partial charge in [-0.05, 0) is 12.8 Å². The van der Waals surface area contributed by atoms with E-state index < -0.39 is 15.6 Å². The maximum atomic E-state index is 10.1. The standard InChI is InChI=1S/2C10H23O4P.Sn/c2*1-2-3-4-5-6-7-8-9-10-14-15(11,12)13;/h2*2-10H2,1H3,(H2,11,12,13);/q;;+4/p-4. The summed E-state index contributed by atoms with van der Waals surface area (Å²) in [5, 5.41) is 0. The minimum atomic E-state index is -4.74. The molecule has 0 bridgehead atoms. The minimum absolute atomic E-state index is 0. The smallest absolute Gasteiger partial charge is 0.790 e. The molecule has 0 amide bonds. The molecule has 0 aliphatic heterocycles. The van der Waals surface area contributed by atoms with E-state index in [1.54, 1.807) is 0 Å². The molecule has 0 spiro atoms. The van der Waals surface area contributed by atoms with E-state index in [1.807, 2.05) is 0 Å². The van der Waals surface area contributed by atoms with E-state index in [2.05, 4.69) is 22.9 Å². The van der Waals surface area contributed by atoms with Crippen LogP contribution < -0.4 is 19.6 Å². The number of phosphoric acid groups is 2. The number of unbranched alkanes of at least 4 members (excludes halogenated alkanes) is 14. The van der Waals surface area contributed by atoms with Gasteiger partial charge in [-0.2, -0.15) is 0 Å². The van der Waals surface area contributed by atoms with Crippen molar-refractivity contribution in [3.05, 3.63) is 0 Å². The van der Waals surface area contributed by atoms with Crippen molar-refractivity contribution >= 4 is 39.6 Å². The first-order valence-corrected chi connectivity index (χ1v) is 14.4. The van der Waals surface area contributed by atoms with Crippen LogP contribution in [0.3, 0.4) is 0 Å². The van der Waals surface area contributed by atoms with Crippen LogP contribution in [0.15, 0.2) is 0 Å². The van der Waals surface area contributed by atoms with Crippen LogP contribution in [0.1, 0.15) is 117 Å². The molecule has 0 rings (SSSR count). The molecule has 8 nitrogen and oxygen atoms in total. The fourth-order valence-electron chi connectivity index (χ4n) is 2.82. The maximum absolute atomic E-state index is 10.1.